The van der Waals surface area contributed by atoms with E-state index in [1.165, 1.54) is 0 Å². The Morgan fingerprint density at radius 1 is 1.27 bits per heavy atom. The maximum Gasteiger partial charge on any atom is 0.223 e. The number of aromatic nitrogens is 2. The van der Waals surface area contributed by atoms with E-state index in [1.807, 2.05) is 4.90 Å². The van der Waals surface area contributed by atoms with Crippen molar-refractivity contribution in [2.75, 3.05) is 31.1 Å². The Morgan fingerprint density at radius 3 is 2.77 bits per heavy atom. The van der Waals surface area contributed by atoms with Gasteiger partial charge in [-0.3, -0.25) is 4.79 Å². The molecule has 1 aliphatic heterocycles. The summed E-state index contributed by atoms with van der Waals surface area (Å²) in [7, 11) is 0. The van der Waals surface area contributed by atoms with Crippen molar-refractivity contribution < 1.29 is 4.79 Å². The third kappa shape index (κ3) is 3.46. The van der Waals surface area contributed by atoms with Crippen LogP contribution in [0.3, 0.4) is 0 Å². The van der Waals surface area contributed by atoms with E-state index in [0.29, 0.717) is 18.2 Å². The molecule has 22 heavy (non-hydrogen) atoms. The fraction of sp³-hybridized carbons (Fsp3) is 0.588. The van der Waals surface area contributed by atoms with Crippen molar-refractivity contribution in [3.63, 3.8) is 0 Å². The van der Waals surface area contributed by atoms with Crippen LogP contribution in [-0.2, 0) is 11.2 Å². The molecule has 0 N–H and O–H groups in total. The fourth-order valence-electron chi connectivity index (χ4n) is 3.16. The standard InChI is InChI=1S/C17H24N4O/c1-2-15-12-16(19-13-18-15)20-7-9-21(10-8-20)17(22)11-14-5-3-4-6-14/h3,5,12-14H,2,4,6-11H2,1H3. The molecule has 5 nitrogen and oxygen atoms in total. The first-order valence-electron chi connectivity index (χ1n) is 8.26. The van der Waals surface area contributed by atoms with Crippen LogP contribution in [0.15, 0.2) is 24.5 Å². The Labute approximate surface area is 132 Å². The monoisotopic (exact) mass is 300 g/mol. The number of carbonyl (C=O) groups excluding carboxylic acids is 1. The van der Waals surface area contributed by atoms with Gasteiger partial charge in [-0.05, 0) is 25.2 Å². The zero-order chi connectivity index (χ0) is 15.4. The van der Waals surface area contributed by atoms with Gasteiger partial charge in [-0.15, -0.1) is 0 Å². The Balaban J connectivity index is 1.53. The summed E-state index contributed by atoms with van der Waals surface area (Å²) >= 11 is 0. The van der Waals surface area contributed by atoms with Crippen LogP contribution in [0.1, 0.15) is 31.9 Å². The molecular weight excluding hydrogens is 276 g/mol. The fourth-order valence-corrected chi connectivity index (χ4v) is 3.16. The van der Waals surface area contributed by atoms with Gasteiger partial charge in [0.15, 0.2) is 0 Å². The Bertz CT molecular complexity index is 549. The van der Waals surface area contributed by atoms with E-state index < -0.39 is 0 Å². The van der Waals surface area contributed by atoms with Crippen LogP contribution in [0.25, 0.3) is 0 Å². The highest BCUT2D eigenvalue weighted by Gasteiger charge is 2.24. The molecule has 3 rings (SSSR count). The second-order valence-electron chi connectivity index (χ2n) is 6.06. The number of aryl methyl sites for hydroxylation is 1. The van der Waals surface area contributed by atoms with Crippen LogP contribution < -0.4 is 4.90 Å². The molecule has 0 saturated carbocycles. The van der Waals surface area contributed by atoms with Gasteiger partial charge in [-0.2, -0.15) is 0 Å². The smallest absolute Gasteiger partial charge is 0.223 e. The molecule has 0 bridgehead atoms. The molecule has 1 aromatic heterocycles. The highest BCUT2D eigenvalue weighted by atomic mass is 16.2. The van der Waals surface area contributed by atoms with E-state index in [4.69, 9.17) is 0 Å². The maximum absolute atomic E-state index is 12.3. The summed E-state index contributed by atoms with van der Waals surface area (Å²) < 4.78 is 0. The molecular formula is C17H24N4O. The van der Waals surface area contributed by atoms with Crippen LogP contribution >= 0.6 is 0 Å². The number of anilines is 1. The summed E-state index contributed by atoms with van der Waals surface area (Å²) in [5, 5.41) is 0. The van der Waals surface area contributed by atoms with Crippen molar-refractivity contribution in [1.82, 2.24) is 14.9 Å². The molecule has 1 fully saturated rings. The quantitative estimate of drug-likeness (QED) is 0.799. The molecule has 0 radical (unpaired) electrons. The Hall–Kier alpha value is -1.91. The summed E-state index contributed by atoms with van der Waals surface area (Å²) in [5.74, 6) is 1.74. The lowest BCUT2D eigenvalue weighted by Crippen LogP contribution is -2.49. The summed E-state index contributed by atoms with van der Waals surface area (Å²) in [5.41, 5.74) is 1.07. The summed E-state index contributed by atoms with van der Waals surface area (Å²) in [6, 6.07) is 2.06. The lowest BCUT2D eigenvalue weighted by Gasteiger charge is -2.35. The molecule has 0 aromatic carbocycles. The summed E-state index contributed by atoms with van der Waals surface area (Å²) in [4.78, 5) is 25.2. The number of hydrogen-bond acceptors (Lipinski definition) is 4. The van der Waals surface area contributed by atoms with Gasteiger partial charge in [-0.25, -0.2) is 9.97 Å². The van der Waals surface area contributed by atoms with Crippen LogP contribution in [0.2, 0.25) is 0 Å². The lowest BCUT2D eigenvalue weighted by atomic mass is 10.0. The second-order valence-corrected chi connectivity index (χ2v) is 6.06. The number of hydrogen-bond donors (Lipinski definition) is 0. The molecule has 1 aliphatic carbocycles. The van der Waals surface area contributed by atoms with E-state index in [-0.39, 0.29) is 0 Å². The average molecular weight is 300 g/mol. The van der Waals surface area contributed by atoms with Gasteiger partial charge < -0.3 is 9.80 Å². The molecule has 2 heterocycles. The average Bonchev–Trinajstić information content (AvgIpc) is 3.08. The first-order valence-corrected chi connectivity index (χ1v) is 8.26. The Kier molecular flexibility index (Phi) is 4.71. The minimum absolute atomic E-state index is 0.299. The zero-order valence-corrected chi connectivity index (χ0v) is 13.2. The largest absolute Gasteiger partial charge is 0.353 e. The topological polar surface area (TPSA) is 49.3 Å². The van der Waals surface area contributed by atoms with Crippen LogP contribution in [0.5, 0.6) is 0 Å². The van der Waals surface area contributed by atoms with Gasteiger partial charge >= 0.3 is 0 Å². The molecule has 2 aliphatic rings. The number of nitrogens with zero attached hydrogens (tertiary/aromatic N) is 4. The highest BCUT2D eigenvalue weighted by Crippen LogP contribution is 2.22. The number of carbonyl (C=O) groups is 1. The summed E-state index contributed by atoms with van der Waals surface area (Å²) in [6.45, 7) is 5.39. The van der Waals surface area contributed by atoms with Crippen molar-refractivity contribution in [2.24, 2.45) is 5.92 Å². The van der Waals surface area contributed by atoms with Crippen molar-refractivity contribution in [3.8, 4) is 0 Å². The molecule has 1 aromatic rings. The number of allylic oxidation sites excluding steroid dienone is 2. The molecule has 0 spiro atoms. The van der Waals surface area contributed by atoms with Crippen molar-refractivity contribution >= 4 is 11.7 Å². The maximum atomic E-state index is 12.3. The van der Waals surface area contributed by atoms with E-state index >= 15 is 0 Å². The van der Waals surface area contributed by atoms with Crippen LogP contribution in [0.4, 0.5) is 5.82 Å². The van der Waals surface area contributed by atoms with Crippen LogP contribution in [0, 0.1) is 5.92 Å². The molecule has 118 valence electrons. The van der Waals surface area contributed by atoms with Crippen molar-refractivity contribution in [1.29, 1.82) is 0 Å². The zero-order valence-electron chi connectivity index (χ0n) is 13.2. The minimum atomic E-state index is 0.299. The molecule has 1 saturated heterocycles. The van der Waals surface area contributed by atoms with Gasteiger partial charge in [-0.1, -0.05) is 19.1 Å². The van der Waals surface area contributed by atoms with Crippen molar-refractivity contribution in [2.45, 2.75) is 32.6 Å². The molecule has 5 heteroatoms. The predicted molar refractivity (Wildman–Crippen MR) is 86.7 cm³/mol. The normalized spacial score (nSPS) is 21.4. The number of rotatable bonds is 4. The van der Waals surface area contributed by atoms with Gasteiger partial charge in [0.05, 0.1) is 0 Å². The third-order valence-corrected chi connectivity index (χ3v) is 4.58. The molecule has 1 atom stereocenters. The van der Waals surface area contributed by atoms with E-state index in [0.717, 1.165) is 57.0 Å². The highest BCUT2D eigenvalue weighted by molar-refractivity contribution is 5.77. The SMILES string of the molecule is CCc1cc(N2CCN(C(=O)CC3C=CCC3)CC2)ncn1. The second kappa shape index (κ2) is 6.90. The van der Waals surface area contributed by atoms with Crippen molar-refractivity contribution in [3.05, 3.63) is 30.2 Å². The van der Waals surface area contributed by atoms with E-state index in [2.05, 4.69) is 40.0 Å². The minimum Gasteiger partial charge on any atom is -0.353 e. The number of piperazine rings is 1. The first-order chi connectivity index (χ1) is 10.8. The summed E-state index contributed by atoms with van der Waals surface area (Å²) in [6.07, 6.45) is 9.87. The van der Waals surface area contributed by atoms with Crippen LogP contribution in [-0.4, -0.2) is 47.0 Å². The molecule has 1 unspecified atom stereocenters. The first kappa shape index (κ1) is 15.0. The van der Waals surface area contributed by atoms with Gasteiger partial charge in [0.1, 0.15) is 12.1 Å². The van der Waals surface area contributed by atoms with Gasteiger partial charge in [0, 0.05) is 44.4 Å². The van der Waals surface area contributed by atoms with E-state index in [9.17, 15) is 4.79 Å². The number of amides is 1. The predicted octanol–water partition coefficient (Wildman–Crippen LogP) is 2.04. The van der Waals surface area contributed by atoms with Gasteiger partial charge in [0.25, 0.3) is 0 Å². The third-order valence-electron chi connectivity index (χ3n) is 4.58. The molecule has 1 amide bonds. The Morgan fingerprint density at radius 2 is 2.09 bits per heavy atom. The van der Waals surface area contributed by atoms with Gasteiger partial charge in [0.2, 0.25) is 5.91 Å². The lowest BCUT2D eigenvalue weighted by molar-refractivity contribution is -0.132. The van der Waals surface area contributed by atoms with E-state index in [1.54, 1.807) is 6.33 Å².